The third-order valence-corrected chi connectivity index (χ3v) is 4.92. The third kappa shape index (κ3) is 4.08. The summed E-state index contributed by atoms with van der Waals surface area (Å²) in [6, 6.07) is 3.68. The van der Waals surface area contributed by atoms with Gasteiger partial charge in [-0.3, -0.25) is 0 Å². The Bertz CT molecular complexity index is 560. The highest BCUT2D eigenvalue weighted by molar-refractivity contribution is 9.10. The highest BCUT2D eigenvalue weighted by atomic mass is 79.9. The van der Waals surface area contributed by atoms with E-state index in [1.54, 1.807) is 0 Å². The zero-order valence-electron chi connectivity index (χ0n) is 9.91. The van der Waals surface area contributed by atoms with E-state index in [2.05, 4.69) is 15.9 Å². The van der Waals surface area contributed by atoms with Crippen LogP contribution in [-0.2, 0) is 10.0 Å². The van der Waals surface area contributed by atoms with Gasteiger partial charge in [0.1, 0.15) is 6.54 Å². The lowest BCUT2D eigenvalue weighted by molar-refractivity contribution is -0.135. The van der Waals surface area contributed by atoms with Crippen molar-refractivity contribution in [3.05, 3.63) is 22.7 Å². The minimum absolute atomic E-state index is 0.236. The summed E-state index contributed by atoms with van der Waals surface area (Å²) in [6.07, 6.45) is -4.59. The lowest BCUT2D eigenvalue weighted by Crippen LogP contribution is -2.38. The standard InChI is InChI=1S/C10H12BrF3N2O2S/c1-2-16(6-10(12,13)14)19(17,18)7-3-4-9(15)8(11)5-7/h3-5H,2,6,15H2,1H3. The zero-order valence-corrected chi connectivity index (χ0v) is 12.3. The Morgan fingerprint density at radius 3 is 2.37 bits per heavy atom. The summed E-state index contributed by atoms with van der Waals surface area (Å²) in [5, 5.41) is 0. The van der Waals surface area contributed by atoms with Gasteiger partial charge in [-0.1, -0.05) is 6.92 Å². The van der Waals surface area contributed by atoms with Crippen molar-refractivity contribution in [2.24, 2.45) is 0 Å². The molecule has 9 heteroatoms. The van der Waals surface area contributed by atoms with E-state index in [9.17, 15) is 21.6 Å². The van der Waals surface area contributed by atoms with Crippen molar-refractivity contribution in [2.75, 3.05) is 18.8 Å². The second-order valence-electron chi connectivity index (χ2n) is 3.73. The number of nitrogen functional groups attached to an aromatic ring is 1. The summed E-state index contributed by atoms with van der Waals surface area (Å²) in [4.78, 5) is -0.236. The zero-order chi connectivity index (χ0) is 14.8. The normalized spacial score (nSPS) is 12.9. The van der Waals surface area contributed by atoms with Gasteiger partial charge in [0.2, 0.25) is 10.0 Å². The van der Waals surface area contributed by atoms with Gasteiger partial charge in [0.05, 0.1) is 4.90 Å². The molecule has 0 heterocycles. The molecule has 19 heavy (non-hydrogen) atoms. The molecule has 0 aliphatic rings. The van der Waals surface area contributed by atoms with Crippen molar-refractivity contribution in [1.82, 2.24) is 4.31 Å². The SMILES string of the molecule is CCN(CC(F)(F)F)S(=O)(=O)c1ccc(N)c(Br)c1. The van der Waals surface area contributed by atoms with Crippen molar-refractivity contribution in [3.8, 4) is 0 Å². The van der Waals surface area contributed by atoms with Crippen LogP contribution in [0, 0.1) is 0 Å². The first-order chi connectivity index (χ1) is 8.58. The number of benzene rings is 1. The molecule has 4 nitrogen and oxygen atoms in total. The number of hydrogen-bond acceptors (Lipinski definition) is 3. The van der Waals surface area contributed by atoms with Gasteiger partial charge in [-0.05, 0) is 34.1 Å². The van der Waals surface area contributed by atoms with E-state index in [-0.39, 0.29) is 11.4 Å². The van der Waals surface area contributed by atoms with Crippen LogP contribution in [0.3, 0.4) is 0 Å². The molecule has 0 spiro atoms. The summed E-state index contributed by atoms with van der Waals surface area (Å²) >= 11 is 3.04. The highest BCUT2D eigenvalue weighted by Gasteiger charge is 2.36. The third-order valence-electron chi connectivity index (χ3n) is 2.32. The van der Waals surface area contributed by atoms with Crippen molar-refractivity contribution < 1.29 is 21.6 Å². The molecular weight excluding hydrogens is 349 g/mol. The van der Waals surface area contributed by atoms with Gasteiger partial charge in [-0.2, -0.15) is 17.5 Å². The molecule has 108 valence electrons. The van der Waals surface area contributed by atoms with Gasteiger partial charge in [-0.15, -0.1) is 0 Å². The molecule has 0 aromatic heterocycles. The van der Waals surface area contributed by atoms with Crippen LogP contribution in [0.4, 0.5) is 18.9 Å². The molecule has 0 saturated heterocycles. The molecule has 0 saturated carbocycles. The van der Waals surface area contributed by atoms with E-state index in [1.165, 1.54) is 25.1 Å². The first kappa shape index (κ1) is 16.3. The maximum Gasteiger partial charge on any atom is 0.402 e. The minimum Gasteiger partial charge on any atom is -0.398 e. The van der Waals surface area contributed by atoms with Gasteiger partial charge < -0.3 is 5.73 Å². The Morgan fingerprint density at radius 1 is 1.37 bits per heavy atom. The quantitative estimate of drug-likeness (QED) is 0.839. The summed E-state index contributed by atoms with van der Waals surface area (Å²) < 4.78 is 61.9. The second-order valence-corrected chi connectivity index (χ2v) is 6.52. The lowest BCUT2D eigenvalue weighted by Gasteiger charge is -2.22. The van der Waals surface area contributed by atoms with E-state index < -0.39 is 22.7 Å². The van der Waals surface area contributed by atoms with Gasteiger partial charge >= 0.3 is 6.18 Å². The van der Waals surface area contributed by atoms with Crippen LogP contribution in [0.5, 0.6) is 0 Å². The molecule has 0 bridgehead atoms. The molecule has 0 amide bonds. The molecule has 0 atom stereocenters. The molecule has 1 aromatic rings. The predicted molar refractivity (Wildman–Crippen MR) is 69.0 cm³/mol. The fourth-order valence-electron chi connectivity index (χ4n) is 1.38. The first-order valence-corrected chi connectivity index (χ1v) is 7.43. The number of nitrogens with two attached hydrogens (primary N) is 1. The summed E-state index contributed by atoms with van der Waals surface area (Å²) in [5.74, 6) is 0. The molecule has 0 radical (unpaired) electrons. The number of nitrogens with zero attached hydrogens (tertiary/aromatic N) is 1. The smallest absolute Gasteiger partial charge is 0.398 e. The average Bonchev–Trinajstić information content (AvgIpc) is 2.28. The van der Waals surface area contributed by atoms with Crippen molar-refractivity contribution >= 4 is 31.6 Å². The van der Waals surface area contributed by atoms with Crippen molar-refractivity contribution in [1.29, 1.82) is 0 Å². The van der Waals surface area contributed by atoms with E-state index in [0.717, 1.165) is 0 Å². The van der Waals surface area contributed by atoms with E-state index in [4.69, 9.17) is 5.73 Å². The van der Waals surface area contributed by atoms with Crippen LogP contribution in [0.25, 0.3) is 0 Å². The van der Waals surface area contributed by atoms with Gasteiger partial charge in [0, 0.05) is 16.7 Å². The molecule has 2 N–H and O–H groups in total. The van der Waals surface area contributed by atoms with Crippen molar-refractivity contribution in [2.45, 2.75) is 18.0 Å². The molecule has 1 rings (SSSR count). The van der Waals surface area contributed by atoms with Crippen LogP contribution in [0.15, 0.2) is 27.6 Å². The maximum absolute atomic E-state index is 12.3. The fourth-order valence-corrected chi connectivity index (χ4v) is 3.38. The Balaban J connectivity index is 3.17. The summed E-state index contributed by atoms with van der Waals surface area (Å²) in [6.45, 7) is -0.451. The van der Waals surface area contributed by atoms with Gasteiger partial charge in [0.25, 0.3) is 0 Å². The van der Waals surface area contributed by atoms with E-state index in [0.29, 0.717) is 14.5 Å². The number of hydrogen-bond donors (Lipinski definition) is 1. The number of rotatable bonds is 4. The maximum atomic E-state index is 12.3. The minimum atomic E-state index is -4.59. The van der Waals surface area contributed by atoms with Crippen LogP contribution in [0.2, 0.25) is 0 Å². The predicted octanol–water partition coefficient (Wildman–Crippen LogP) is 2.60. The Hall–Kier alpha value is -0.800. The molecular formula is C10H12BrF3N2O2S. The Labute approximate surface area is 117 Å². The lowest BCUT2D eigenvalue weighted by atomic mass is 10.3. The number of sulfonamides is 1. The topological polar surface area (TPSA) is 63.4 Å². The average molecular weight is 361 g/mol. The first-order valence-electron chi connectivity index (χ1n) is 5.20. The summed E-state index contributed by atoms with van der Waals surface area (Å²) in [5.41, 5.74) is 5.81. The number of alkyl halides is 3. The van der Waals surface area contributed by atoms with Gasteiger partial charge in [-0.25, -0.2) is 8.42 Å². The molecule has 0 fully saturated rings. The van der Waals surface area contributed by atoms with Gasteiger partial charge in [0.15, 0.2) is 0 Å². The molecule has 0 aliphatic carbocycles. The largest absolute Gasteiger partial charge is 0.402 e. The van der Waals surface area contributed by atoms with Crippen LogP contribution < -0.4 is 5.73 Å². The van der Waals surface area contributed by atoms with Crippen LogP contribution in [0.1, 0.15) is 6.92 Å². The number of anilines is 1. The summed E-state index contributed by atoms with van der Waals surface area (Å²) in [7, 11) is -4.20. The Kier molecular flexibility index (Phi) is 4.86. The highest BCUT2D eigenvalue weighted by Crippen LogP contribution is 2.27. The monoisotopic (exact) mass is 360 g/mol. The van der Waals surface area contributed by atoms with Crippen molar-refractivity contribution in [3.63, 3.8) is 0 Å². The van der Waals surface area contributed by atoms with Crippen LogP contribution >= 0.6 is 15.9 Å². The number of halogens is 4. The fraction of sp³-hybridized carbons (Fsp3) is 0.400. The van der Waals surface area contributed by atoms with E-state index in [1.807, 2.05) is 0 Å². The molecule has 0 aliphatic heterocycles. The van der Waals surface area contributed by atoms with Crippen LogP contribution in [-0.4, -0.2) is 32.0 Å². The molecule has 0 unspecified atom stereocenters. The molecule has 1 aromatic carbocycles. The Morgan fingerprint density at radius 2 is 1.95 bits per heavy atom. The second kappa shape index (κ2) is 5.68. The van der Waals surface area contributed by atoms with E-state index >= 15 is 0 Å².